The number of methoxy groups -OCH3 is 1. The van der Waals surface area contributed by atoms with Crippen molar-refractivity contribution in [2.75, 3.05) is 7.11 Å². The van der Waals surface area contributed by atoms with Gasteiger partial charge in [0.15, 0.2) is 0 Å². The SMILES string of the molecule is COc1nc2ccccc2nc1/C=C/c1ccsc1. The van der Waals surface area contributed by atoms with Gasteiger partial charge in [-0.2, -0.15) is 11.3 Å². The Labute approximate surface area is 115 Å². The zero-order valence-electron chi connectivity index (χ0n) is 10.4. The van der Waals surface area contributed by atoms with Crippen LogP contribution in [0, 0.1) is 0 Å². The summed E-state index contributed by atoms with van der Waals surface area (Å²) in [6, 6.07) is 9.83. The van der Waals surface area contributed by atoms with Crippen molar-refractivity contribution in [3.8, 4) is 5.88 Å². The maximum Gasteiger partial charge on any atom is 0.240 e. The molecule has 0 saturated heterocycles. The molecule has 0 aliphatic rings. The fourth-order valence-electron chi connectivity index (χ4n) is 1.80. The van der Waals surface area contributed by atoms with E-state index in [4.69, 9.17) is 4.74 Å². The minimum absolute atomic E-state index is 0.546. The summed E-state index contributed by atoms with van der Waals surface area (Å²) in [5.41, 5.74) is 3.61. The molecule has 0 saturated carbocycles. The van der Waals surface area contributed by atoms with Crippen molar-refractivity contribution in [1.29, 1.82) is 0 Å². The van der Waals surface area contributed by atoms with E-state index >= 15 is 0 Å². The normalized spacial score (nSPS) is 11.2. The van der Waals surface area contributed by atoms with E-state index in [0.29, 0.717) is 5.88 Å². The van der Waals surface area contributed by atoms with E-state index in [1.54, 1.807) is 18.4 Å². The van der Waals surface area contributed by atoms with Gasteiger partial charge in [-0.25, -0.2) is 9.97 Å². The molecule has 0 amide bonds. The molecule has 0 unspecified atom stereocenters. The molecule has 0 spiro atoms. The molecule has 0 bridgehead atoms. The molecule has 0 aliphatic heterocycles. The predicted octanol–water partition coefficient (Wildman–Crippen LogP) is 3.87. The predicted molar refractivity (Wildman–Crippen MR) is 79.3 cm³/mol. The summed E-state index contributed by atoms with van der Waals surface area (Å²) in [7, 11) is 1.61. The zero-order valence-corrected chi connectivity index (χ0v) is 11.2. The fourth-order valence-corrected chi connectivity index (χ4v) is 2.43. The highest BCUT2D eigenvalue weighted by atomic mass is 32.1. The quantitative estimate of drug-likeness (QED) is 0.723. The van der Waals surface area contributed by atoms with Gasteiger partial charge in [0, 0.05) is 0 Å². The van der Waals surface area contributed by atoms with E-state index < -0.39 is 0 Å². The lowest BCUT2D eigenvalue weighted by Gasteiger charge is -2.04. The molecule has 0 radical (unpaired) electrons. The number of hydrogen-bond acceptors (Lipinski definition) is 4. The summed E-state index contributed by atoms with van der Waals surface area (Å²) < 4.78 is 5.30. The number of benzene rings is 1. The van der Waals surface area contributed by atoms with Crippen LogP contribution in [0.4, 0.5) is 0 Å². The Kier molecular flexibility index (Phi) is 3.25. The number of rotatable bonds is 3. The lowest BCUT2D eigenvalue weighted by atomic mass is 10.2. The van der Waals surface area contributed by atoms with Gasteiger partial charge in [0.2, 0.25) is 5.88 Å². The third-order valence-corrected chi connectivity index (χ3v) is 3.44. The van der Waals surface area contributed by atoms with Crippen LogP contribution in [0.1, 0.15) is 11.3 Å². The summed E-state index contributed by atoms with van der Waals surface area (Å²) in [6.07, 6.45) is 3.94. The Bertz CT molecular complexity index is 720. The molecular weight excluding hydrogens is 256 g/mol. The molecule has 1 aromatic carbocycles. The average Bonchev–Trinajstić information content (AvgIpc) is 2.97. The summed E-state index contributed by atoms with van der Waals surface area (Å²) in [6.45, 7) is 0. The van der Waals surface area contributed by atoms with Gasteiger partial charge in [-0.05, 0) is 40.6 Å². The lowest BCUT2D eigenvalue weighted by molar-refractivity contribution is 0.396. The van der Waals surface area contributed by atoms with Crippen molar-refractivity contribution in [2.45, 2.75) is 0 Å². The molecule has 94 valence electrons. The van der Waals surface area contributed by atoms with Gasteiger partial charge in [0.1, 0.15) is 5.69 Å². The van der Waals surface area contributed by atoms with Crippen molar-refractivity contribution in [3.63, 3.8) is 0 Å². The molecule has 0 atom stereocenters. The maximum atomic E-state index is 5.30. The lowest BCUT2D eigenvalue weighted by Crippen LogP contribution is -1.95. The van der Waals surface area contributed by atoms with Gasteiger partial charge < -0.3 is 4.74 Å². The summed E-state index contributed by atoms with van der Waals surface area (Å²) in [5, 5.41) is 4.13. The van der Waals surface area contributed by atoms with Gasteiger partial charge in [0.25, 0.3) is 0 Å². The smallest absolute Gasteiger partial charge is 0.240 e. The molecule has 3 aromatic rings. The highest BCUT2D eigenvalue weighted by Crippen LogP contribution is 2.21. The van der Waals surface area contributed by atoms with Crippen LogP contribution in [0.5, 0.6) is 5.88 Å². The van der Waals surface area contributed by atoms with Crippen LogP contribution >= 0.6 is 11.3 Å². The van der Waals surface area contributed by atoms with Crippen LogP contribution in [0.15, 0.2) is 41.1 Å². The van der Waals surface area contributed by atoms with Crippen LogP contribution in [-0.2, 0) is 0 Å². The van der Waals surface area contributed by atoms with Gasteiger partial charge in [0.05, 0.1) is 18.1 Å². The number of thiophene rings is 1. The minimum Gasteiger partial charge on any atom is -0.479 e. The zero-order chi connectivity index (χ0) is 13.1. The Morgan fingerprint density at radius 3 is 2.53 bits per heavy atom. The molecule has 0 fully saturated rings. The summed E-state index contributed by atoms with van der Waals surface area (Å²) in [5.74, 6) is 0.546. The van der Waals surface area contributed by atoms with Gasteiger partial charge >= 0.3 is 0 Å². The first-order valence-corrected chi connectivity index (χ1v) is 6.82. The Hall–Kier alpha value is -2.20. The summed E-state index contributed by atoms with van der Waals surface area (Å²) in [4.78, 5) is 9.03. The van der Waals surface area contributed by atoms with Gasteiger partial charge in [-0.3, -0.25) is 0 Å². The third-order valence-electron chi connectivity index (χ3n) is 2.73. The molecule has 3 rings (SSSR count). The third kappa shape index (κ3) is 2.48. The molecule has 2 aromatic heterocycles. The number of hydrogen-bond donors (Lipinski definition) is 0. The van der Waals surface area contributed by atoms with E-state index in [0.717, 1.165) is 22.3 Å². The first-order chi connectivity index (χ1) is 9.36. The maximum absolute atomic E-state index is 5.30. The molecule has 19 heavy (non-hydrogen) atoms. The van der Waals surface area contributed by atoms with E-state index in [-0.39, 0.29) is 0 Å². The number of fused-ring (bicyclic) bond motifs is 1. The number of nitrogens with zero attached hydrogens (tertiary/aromatic N) is 2. The van der Waals surface area contributed by atoms with E-state index in [2.05, 4.69) is 21.4 Å². The van der Waals surface area contributed by atoms with Crippen molar-refractivity contribution in [3.05, 3.63) is 52.3 Å². The molecule has 2 heterocycles. The first kappa shape index (κ1) is 11.9. The van der Waals surface area contributed by atoms with Gasteiger partial charge in [-0.15, -0.1) is 0 Å². The first-order valence-electron chi connectivity index (χ1n) is 5.88. The van der Waals surface area contributed by atoms with E-state index in [9.17, 15) is 0 Å². The highest BCUT2D eigenvalue weighted by molar-refractivity contribution is 7.08. The van der Waals surface area contributed by atoms with Crippen LogP contribution in [0.25, 0.3) is 23.2 Å². The second-order valence-electron chi connectivity index (χ2n) is 4.00. The van der Waals surface area contributed by atoms with E-state index in [1.807, 2.05) is 41.8 Å². The van der Waals surface area contributed by atoms with Gasteiger partial charge in [-0.1, -0.05) is 18.2 Å². The fraction of sp³-hybridized carbons (Fsp3) is 0.0667. The number of para-hydroxylation sites is 2. The Balaban J connectivity index is 2.06. The van der Waals surface area contributed by atoms with Crippen molar-refractivity contribution < 1.29 is 4.74 Å². The largest absolute Gasteiger partial charge is 0.479 e. The standard InChI is InChI=1S/C15H12N2OS/c1-18-15-14(7-6-11-8-9-19-10-11)16-12-4-2-3-5-13(12)17-15/h2-10H,1H3/b7-6+. The van der Waals surface area contributed by atoms with Crippen LogP contribution in [-0.4, -0.2) is 17.1 Å². The summed E-state index contributed by atoms with van der Waals surface area (Å²) >= 11 is 1.67. The Morgan fingerprint density at radius 1 is 1.05 bits per heavy atom. The second kappa shape index (κ2) is 5.20. The van der Waals surface area contributed by atoms with E-state index in [1.165, 1.54) is 0 Å². The van der Waals surface area contributed by atoms with Crippen LogP contribution in [0.3, 0.4) is 0 Å². The monoisotopic (exact) mass is 268 g/mol. The molecule has 4 heteroatoms. The Morgan fingerprint density at radius 2 is 1.84 bits per heavy atom. The van der Waals surface area contributed by atoms with Crippen molar-refractivity contribution in [1.82, 2.24) is 9.97 Å². The van der Waals surface area contributed by atoms with Crippen molar-refractivity contribution >= 4 is 34.5 Å². The molecule has 3 nitrogen and oxygen atoms in total. The topological polar surface area (TPSA) is 35.0 Å². The number of ether oxygens (including phenoxy) is 1. The van der Waals surface area contributed by atoms with Crippen LogP contribution < -0.4 is 4.74 Å². The van der Waals surface area contributed by atoms with Crippen LogP contribution in [0.2, 0.25) is 0 Å². The molecular formula is C15H12N2OS. The van der Waals surface area contributed by atoms with Crippen molar-refractivity contribution in [2.24, 2.45) is 0 Å². The molecule has 0 aliphatic carbocycles. The second-order valence-corrected chi connectivity index (χ2v) is 4.78. The number of aromatic nitrogens is 2. The highest BCUT2D eigenvalue weighted by Gasteiger charge is 2.06. The molecule has 0 N–H and O–H groups in total. The minimum atomic E-state index is 0.546. The average molecular weight is 268 g/mol.